The molecular formula is C14H24N2O5. The van der Waals surface area contributed by atoms with Gasteiger partial charge in [0.15, 0.2) is 5.79 Å². The first-order chi connectivity index (χ1) is 9.63. The lowest BCUT2D eigenvalue weighted by Gasteiger charge is -2.47. The second-order valence-corrected chi connectivity index (χ2v) is 6.37. The summed E-state index contributed by atoms with van der Waals surface area (Å²) in [6.45, 7) is 6.77. The number of fused-ring (bicyclic) bond motifs is 1. The van der Waals surface area contributed by atoms with Crippen LogP contribution in [0.5, 0.6) is 0 Å². The molecule has 0 radical (unpaired) electrons. The molecule has 0 spiro atoms. The third-order valence-electron chi connectivity index (χ3n) is 4.43. The maximum Gasteiger partial charge on any atom is 0.309 e. The number of carbonyl (C=O) groups excluding carboxylic acids is 1. The van der Waals surface area contributed by atoms with Crippen molar-refractivity contribution in [3.05, 3.63) is 0 Å². The Hall–Kier alpha value is -1.18. The van der Waals surface area contributed by atoms with Gasteiger partial charge in [-0.25, -0.2) is 0 Å². The minimum Gasteiger partial charge on any atom is -0.481 e. The summed E-state index contributed by atoms with van der Waals surface area (Å²) < 4.78 is 11.9. The Morgan fingerprint density at radius 2 is 2.05 bits per heavy atom. The number of carboxylic acid groups (broad SMARTS) is 1. The van der Waals surface area contributed by atoms with E-state index in [1.165, 1.54) is 6.92 Å². The van der Waals surface area contributed by atoms with Crippen LogP contribution in [0, 0.1) is 5.92 Å². The van der Waals surface area contributed by atoms with E-state index in [2.05, 4.69) is 5.32 Å². The van der Waals surface area contributed by atoms with Crippen molar-refractivity contribution < 1.29 is 24.2 Å². The number of hydrogen-bond acceptors (Lipinski definition) is 5. The molecule has 21 heavy (non-hydrogen) atoms. The number of hydrogen-bond donors (Lipinski definition) is 3. The fraction of sp³-hybridized carbons (Fsp3) is 0.857. The molecule has 1 aliphatic carbocycles. The third kappa shape index (κ3) is 2.65. The maximum absolute atomic E-state index is 11.7. The van der Waals surface area contributed by atoms with E-state index in [-0.39, 0.29) is 12.3 Å². The lowest BCUT2D eigenvalue weighted by molar-refractivity contribution is -0.184. The van der Waals surface area contributed by atoms with Gasteiger partial charge in [0, 0.05) is 13.0 Å². The molecule has 1 amide bonds. The second-order valence-electron chi connectivity index (χ2n) is 6.37. The van der Waals surface area contributed by atoms with Crippen molar-refractivity contribution in [3.63, 3.8) is 0 Å². The Balaban J connectivity index is 2.45. The van der Waals surface area contributed by atoms with E-state index in [1.807, 2.05) is 6.92 Å². The van der Waals surface area contributed by atoms with Gasteiger partial charge in [0.1, 0.15) is 11.7 Å². The molecule has 2 rings (SSSR count). The summed E-state index contributed by atoms with van der Waals surface area (Å²) >= 11 is 0. The van der Waals surface area contributed by atoms with Gasteiger partial charge in [0.2, 0.25) is 5.91 Å². The van der Waals surface area contributed by atoms with Crippen molar-refractivity contribution in [3.8, 4) is 0 Å². The molecule has 0 aromatic rings. The van der Waals surface area contributed by atoms with Gasteiger partial charge >= 0.3 is 5.97 Å². The van der Waals surface area contributed by atoms with E-state index in [9.17, 15) is 14.7 Å². The summed E-state index contributed by atoms with van der Waals surface area (Å²) in [6, 6.07) is -0.947. The minimum absolute atomic E-state index is 0.220. The van der Waals surface area contributed by atoms with Crippen molar-refractivity contribution in [2.45, 2.75) is 70.1 Å². The van der Waals surface area contributed by atoms with Crippen LogP contribution in [0.25, 0.3) is 0 Å². The molecule has 4 N–H and O–H groups in total. The highest BCUT2D eigenvalue weighted by Crippen LogP contribution is 2.49. The second kappa shape index (κ2) is 5.23. The molecule has 2 fully saturated rings. The molecule has 7 nitrogen and oxygen atoms in total. The Labute approximate surface area is 124 Å². The average molecular weight is 300 g/mol. The summed E-state index contributed by atoms with van der Waals surface area (Å²) in [4.78, 5) is 23.1. The molecule has 1 aliphatic heterocycles. The van der Waals surface area contributed by atoms with Crippen LogP contribution in [0.1, 0.15) is 40.5 Å². The smallest absolute Gasteiger partial charge is 0.309 e. The fourth-order valence-electron chi connectivity index (χ4n) is 3.68. The molecule has 0 bridgehead atoms. The first-order valence-corrected chi connectivity index (χ1v) is 7.26. The average Bonchev–Trinajstić information content (AvgIpc) is 2.64. The molecule has 2 unspecified atom stereocenters. The van der Waals surface area contributed by atoms with E-state index >= 15 is 0 Å². The number of nitrogens with two attached hydrogens (primary N) is 1. The molecule has 1 saturated heterocycles. The highest BCUT2D eigenvalue weighted by atomic mass is 16.8. The van der Waals surface area contributed by atoms with Gasteiger partial charge in [0.25, 0.3) is 0 Å². The van der Waals surface area contributed by atoms with Crippen LogP contribution in [0.4, 0.5) is 0 Å². The van der Waals surface area contributed by atoms with Gasteiger partial charge in [-0.3, -0.25) is 9.59 Å². The normalized spacial score (nSPS) is 41.4. The topological polar surface area (TPSA) is 111 Å². The van der Waals surface area contributed by atoms with E-state index in [1.54, 1.807) is 13.8 Å². The number of rotatable bonds is 3. The quantitative estimate of drug-likeness (QED) is 0.688. The number of ether oxygens (including phenoxy) is 2. The van der Waals surface area contributed by atoms with Crippen LogP contribution in [0.15, 0.2) is 0 Å². The maximum atomic E-state index is 11.7. The predicted molar refractivity (Wildman–Crippen MR) is 74.4 cm³/mol. The van der Waals surface area contributed by atoms with Crippen molar-refractivity contribution in [1.82, 2.24) is 5.32 Å². The predicted octanol–water partition coefficient (Wildman–Crippen LogP) is 0.223. The monoisotopic (exact) mass is 300 g/mol. The van der Waals surface area contributed by atoms with Crippen LogP contribution in [0.2, 0.25) is 0 Å². The van der Waals surface area contributed by atoms with Crippen molar-refractivity contribution in [1.29, 1.82) is 0 Å². The number of carbonyl (C=O) groups is 2. The molecule has 1 heterocycles. The van der Waals surface area contributed by atoms with Crippen LogP contribution in [-0.2, 0) is 19.1 Å². The van der Waals surface area contributed by atoms with Gasteiger partial charge in [-0.1, -0.05) is 6.92 Å². The van der Waals surface area contributed by atoms with Gasteiger partial charge in [0.05, 0.1) is 12.0 Å². The molecule has 120 valence electrons. The Morgan fingerprint density at radius 1 is 1.43 bits per heavy atom. The summed E-state index contributed by atoms with van der Waals surface area (Å²) in [5, 5.41) is 12.4. The molecule has 0 aromatic carbocycles. The zero-order chi connectivity index (χ0) is 16.0. The molecule has 7 heteroatoms. The van der Waals surface area contributed by atoms with Crippen LogP contribution >= 0.6 is 0 Å². The standard InChI is InChI=1S/C14H24N2O5/c1-5-14-8(12(18)19)6-9(15)10(16-7(2)17)11(14)20-13(3,4)21-14/h8-11H,5-6,15H2,1-4H3,(H,16,17)(H,18,19)/t8-,9?,10?,11-,14+/m0/s1. The summed E-state index contributed by atoms with van der Waals surface area (Å²) in [7, 11) is 0. The minimum atomic E-state index is -0.974. The first-order valence-electron chi connectivity index (χ1n) is 7.26. The SMILES string of the molecule is CC[C@]12OC(C)(C)O[C@H]1C(NC(C)=O)C(N)C[C@H]2C(=O)O. The van der Waals surface area contributed by atoms with Crippen LogP contribution in [0.3, 0.4) is 0 Å². The van der Waals surface area contributed by atoms with Crippen molar-refractivity contribution in [2.24, 2.45) is 11.7 Å². The van der Waals surface area contributed by atoms with E-state index in [0.717, 1.165) is 0 Å². The van der Waals surface area contributed by atoms with Gasteiger partial charge in [-0.05, 0) is 26.7 Å². The van der Waals surface area contributed by atoms with Gasteiger partial charge in [-0.15, -0.1) is 0 Å². The molecule has 5 atom stereocenters. The Bertz CT molecular complexity index is 453. The van der Waals surface area contributed by atoms with Crippen molar-refractivity contribution >= 4 is 11.9 Å². The van der Waals surface area contributed by atoms with Crippen molar-refractivity contribution in [2.75, 3.05) is 0 Å². The number of amides is 1. The largest absolute Gasteiger partial charge is 0.481 e. The Morgan fingerprint density at radius 3 is 2.52 bits per heavy atom. The molecule has 0 aromatic heterocycles. The summed E-state index contributed by atoms with van der Waals surface area (Å²) in [5.41, 5.74) is 5.13. The van der Waals surface area contributed by atoms with E-state index in [0.29, 0.717) is 6.42 Å². The zero-order valence-electron chi connectivity index (χ0n) is 12.9. The number of carboxylic acids is 1. The zero-order valence-corrected chi connectivity index (χ0v) is 12.9. The molecule has 1 saturated carbocycles. The summed E-state index contributed by atoms with van der Waals surface area (Å²) in [5.74, 6) is -2.83. The Kier molecular flexibility index (Phi) is 4.03. The van der Waals surface area contributed by atoms with Crippen LogP contribution in [-0.4, -0.2) is 46.6 Å². The van der Waals surface area contributed by atoms with Crippen LogP contribution < -0.4 is 11.1 Å². The van der Waals surface area contributed by atoms with Gasteiger partial charge in [-0.2, -0.15) is 0 Å². The number of aliphatic carboxylic acids is 1. The fourth-order valence-corrected chi connectivity index (χ4v) is 3.68. The number of nitrogens with one attached hydrogen (secondary N) is 1. The lowest BCUT2D eigenvalue weighted by Crippen LogP contribution is -2.68. The third-order valence-corrected chi connectivity index (χ3v) is 4.43. The lowest BCUT2D eigenvalue weighted by atomic mass is 9.68. The molecular weight excluding hydrogens is 276 g/mol. The summed E-state index contributed by atoms with van der Waals surface area (Å²) in [6.07, 6.45) is 0.136. The van der Waals surface area contributed by atoms with Gasteiger partial charge < -0.3 is 25.6 Å². The highest BCUT2D eigenvalue weighted by molar-refractivity contribution is 5.74. The van der Waals surface area contributed by atoms with E-state index < -0.39 is 41.5 Å². The van der Waals surface area contributed by atoms with E-state index in [4.69, 9.17) is 15.2 Å². The first kappa shape index (κ1) is 16.2. The highest BCUT2D eigenvalue weighted by Gasteiger charge is 2.64. The molecule has 2 aliphatic rings.